The average Bonchev–Trinajstić information content (AvgIpc) is 2.67. The number of ether oxygens (including phenoxy) is 1. The highest BCUT2D eigenvalue weighted by atomic mass is 16.6. The van der Waals surface area contributed by atoms with Gasteiger partial charge in [0.1, 0.15) is 11.9 Å². The van der Waals surface area contributed by atoms with E-state index in [0.29, 0.717) is 5.75 Å². The van der Waals surface area contributed by atoms with E-state index in [4.69, 9.17) is 10.5 Å². The number of nitro groups is 1. The molecule has 1 aromatic carbocycles. The molecule has 92 valence electrons. The zero-order valence-corrected chi connectivity index (χ0v) is 9.76. The zero-order valence-electron chi connectivity index (χ0n) is 9.76. The maximum absolute atomic E-state index is 10.7. The highest BCUT2D eigenvalue weighted by Gasteiger charge is 2.24. The van der Waals surface area contributed by atoms with Crippen molar-refractivity contribution in [1.29, 1.82) is 0 Å². The van der Waals surface area contributed by atoms with Gasteiger partial charge in [-0.3, -0.25) is 10.1 Å². The van der Waals surface area contributed by atoms with Crippen LogP contribution < -0.4 is 10.5 Å². The molecule has 1 aliphatic rings. The summed E-state index contributed by atoms with van der Waals surface area (Å²) in [5.41, 5.74) is 6.78. The minimum Gasteiger partial charge on any atom is -0.490 e. The number of nitrogens with zero attached hydrogens (tertiary/aromatic N) is 1. The Morgan fingerprint density at radius 1 is 1.47 bits per heavy atom. The molecule has 1 aromatic rings. The molecule has 2 unspecified atom stereocenters. The maximum Gasteiger partial charge on any atom is 0.273 e. The van der Waals surface area contributed by atoms with Crippen LogP contribution in [0.4, 0.5) is 5.69 Å². The van der Waals surface area contributed by atoms with Gasteiger partial charge in [-0.2, -0.15) is 0 Å². The molecule has 0 saturated heterocycles. The third-order valence-electron chi connectivity index (χ3n) is 3.10. The highest BCUT2D eigenvalue weighted by Crippen LogP contribution is 2.29. The average molecular weight is 236 g/mol. The van der Waals surface area contributed by atoms with Crippen molar-refractivity contribution in [3.63, 3.8) is 0 Å². The number of nitrogens with two attached hydrogens (primary N) is 1. The minimum atomic E-state index is -0.410. The predicted molar refractivity (Wildman–Crippen MR) is 64.1 cm³/mol. The van der Waals surface area contributed by atoms with Crippen LogP contribution in [0.25, 0.3) is 0 Å². The Kier molecular flexibility index (Phi) is 3.28. The van der Waals surface area contributed by atoms with Crippen molar-refractivity contribution in [3.8, 4) is 5.75 Å². The van der Waals surface area contributed by atoms with Gasteiger partial charge in [0.2, 0.25) is 0 Å². The molecule has 0 bridgehead atoms. The topological polar surface area (TPSA) is 78.4 Å². The van der Waals surface area contributed by atoms with Crippen molar-refractivity contribution in [2.75, 3.05) is 0 Å². The molecule has 5 nitrogen and oxygen atoms in total. The molecule has 2 atom stereocenters. The van der Waals surface area contributed by atoms with Crippen molar-refractivity contribution in [1.82, 2.24) is 0 Å². The van der Waals surface area contributed by atoms with Crippen LogP contribution >= 0.6 is 0 Å². The Balaban J connectivity index is 2.14. The fraction of sp³-hybridized carbons (Fsp3) is 0.500. The quantitative estimate of drug-likeness (QED) is 0.644. The van der Waals surface area contributed by atoms with Crippen LogP contribution in [0, 0.1) is 17.0 Å². The van der Waals surface area contributed by atoms with E-state index < -0.39 is 4.92 Å². The first kappa shape index (κ1) is 11.9. The molecule has 0 heterocycles. The van der Waals surface area contributed by atoms with Crippen LogP contribution in [0.5, 0.6) is 5.75 Å². The van der Waals surface area contributed by atoms with Crippen molar-refractivity contribution in [2.24, 2.45) is 5.73 Å². The number of benzene rings is 1. The summed E-state index contributed by atoms with van der Waals surface area (Å²) in [7, 11) is 0. The largest absolute Gasteiger partial charge is 0.490 e. The van der Waals surface area contributed by atoms with Crippen molar-refractivity contribution in [3.05, 3.63) is 33.9 Å². The lowest BCUT2D eigenvalue weighted by Gasteiger charge is -2.15. The van der Waals surface area contributed by atoms with Crippen LogP contribution in [0.15, 0.2) is 18.2 Å². The third-order valence-corrected chi connectivity index (χ3v) is 3.10. The molecule has 0 radical (unpaired) electrons. The summed E-state index contributed by atoms with van der Waals surface area (Å²) in [6.45, 7) is 1.88. The lowest BCUT2D eigenvalue weighted by molar-refractivity contribution is -0.385. The van der Waals surface area contributed by atoms with Gasteiger partial charge in [0.25, 0.3) is 5.69 Å². The molecule has 0 spiro atoms. The molecular weight excluding hydrogens is 220 g/mol. The molecule has 0 aromatic heterocycles. The van der Waals surface area contributed by atoms with Gasteiger partial charge in [-0.25, -0.2) is 0 Å². The standard InChI is InChI=1S/C12H16N2O3/c1-8-2-4-10(14(15)16)7-12(8)17-11-5-3-9(13)6-11/h2,4,7,9,11H,3,5-6,13H2,1H3. The first-order valence-electron chi connectivity index (χ1n) is 5.73. The van der Waals surface area contributed by atoms with Crippen LogP contribution in [-0.2, 0) is 0 Å². The molecule has 5 heteroatoms. The SMILES string of the molecule is Cc1ccc([N+](=O)[O-])cc1OC1CCC(N)C1. The molecule has 2 rings (SSSR count). The summed E-state index contributed by atoms with van der Waals surface area (Å²) < 4.78 is 5.78. The molecule has 0 aliphatic heterocycles. The number of nitro benzene ring substituents is 1. The maximum atomic E-state index is 10.7. The fourth-order valence-electron chi connectivity index (χ4n) is 2.09. The smallest absolute Gasteiger partial charge is 0.273 e. The molecule has 17 heavy (non-hydrogen) atoms. The molecule has 0 amide bonds. The predicted octanol–water partition coefficient (Wildman–Crippen LogP) is 2.16. The van der Waals surface area contributed by atoms with Crippen molar-refractivity contribution >= 4 is 5.69 Å². The second-order valence-corrected chi connectivity index (χ2v) is 4.52. The Morgan fingerprint density at radius 2 is 2.24 bits per heavy atom. The van der Waals surface area contributed by atoms with Gasteiger partial charge in [-0.15, -0.1) is 0 Å². The highest BCUT2D eigenvalue weighted by molar-refractivity contribution is 5.43. The van der Waals surface area contributed by atoms with Crippen molar-refractivity contribution in [2.45, 2.75) is 38.3 Å². The van der Waals surface area contributed by atoms with E-state index in [1.54, 1.807) is 6.07 Å². The van der Waals surface area contributed by atoms with E-state index in [1.165, 1.54) is 12.1 Å². The first-order chi connectivity index (χ1) is 8.06. The molecule has 1 saturated carbocycles. The molecule has 1 fully saturated rings. The Hall–Kier alpha value is -1.62. The lowest BCUT2D eigenvalue weighted by atomic mass is 10.2. The summed E-state index contributed by atoms with van der Waals surface area (Å²) in [6, 6.07) is 4.88. The lowest BCUT2D eigenvalue weighted by Crippen LogP contribution is -2.19. The summed E-state index contributed by atoms with van der Waals surface area (Å²) in [6.07, 6.45) is 2.79. The number of rotatable bonds is 3. The number of hydrogen-bond acceptors (Lipinski definition) is 4. The van der Waals surface area contributed by atoms with E-state index in [-0.39, 0.29) is 17.8 Å². The van der Waals surface area contributed by atoms with Gasteiger partial charge in [0.15, 0.2) is 0 Å². The van der Waals surface area contributed by atoms with Gasteiger partial charge in [-0.1, -0.05) is 0 Å². The summed E-state index contributed by atoms with van der Waals surface area (Å²) in [5.74, 6) is 0.596. The van der Waals surface area contributed by atoms with Gasteiger partial charge in [-0.05, 0) is 37.8 Å². The van der Waals surface area contributed by atoms with Crippen molar-refractivity contribution < 1.29 is 9.66 Å². The molecule has 2 N–H and O–H groups in total. The van der Waals surface area contributed by atoms with Crippen LogP contribution in [0.3, 0.4) is 0 Å². The number of hydrogen-bond donors (Lipinski definition) is 1. The minimum absolute atomic E-state index is 0.0629. The zero-order chi connectivity index (χ0) is 12.4. The van der Waals surface area contributed by atoms with E-state index in [0.717, 1.165) is 24.8 Å². The van der Waals surface area contributed by atoms with Gasteiger partial charge in [0.05, 0.1) is 11.0 Å². The van der Waals surface area contributed by atoms with Gasteiger partial charge < -0.3 is 10.5 Å². The normalized spacial score (nSPS) is 23.6. The summed E-state index contributed by atoms with van der Waals surface area (Å²) >= 11 is 0. The fourth-order valence-corrected chi connectivity index (χ4v) is 2.09. The van der Waals surface area contributed by atoms with Gasteiger partial charge >= 0.3 is 0 Å². The Labute approximate surface area is 99.7 Å². The van der Waals surface area contributed by atoms with E-state index in [9.17, 15) is 10.1 Å². The van der Waals surface area contributed by atoms with Gasteiger partial charge in [0, 0.05) is 12.1 Å². The van der Waals surface area contributed by atoms with E-state index in [1.807, 2.05) is 6.92 Å². The van der Waals surface area contributed by atoms with Crippen LogP contribution in [0.1, 0.15) is 24.8 Å². The Morgan fingerprint density at radius 3 is 2.82 bits per heavy atom. The molecular formula is C12H16N2O3. The first-order valence-corrected chi connectivity index (χ1v) is 5.73. The van der Waals surface area contributed by atoms with E-state index >= 15 is 0 Å². The number of non-ortho nitro benzene ring substituents is 1. The molecule has 1 aliphatic carbocycles. The third kappa shape index (κ3) is 2.74. The van der Waals surface area contributed by atoms with Crippen LogP contribution in [0.2, 0.25) is 0 Å². The monoisotopic (exact) mass is 236 g/mol. The van der Waals surface area contributed by atoms with E-state index in [2.05, 4.69) is 0 Å². The Bertz CT molecular complexity index is 434. The van der Waals surface area contributed by atoms with Crippen LogP contribution in [-0.4, -0.2) is 17.1 Å². The summed E-state index contributed by atoms with van der Waals surface area (Å²) in [5, 5.41) is 10.7. The summed E-state index contributed by atoms with van der Waals surface area (Å²) in [4.78, 5) is 10.3. The second kappa shape index (κ2) is 4.71. The second-order valence-electron chi connectivity index (χ2n) is 4.52. The number of aryl methyl sites for hydroxylation is 1.